The molecule has 0 heterocycles. The third-order valence-electron chi connectivity index (χ3n) is 8.31. The Kier molecular flexibility index (Phi) is 12.3. The lowest BCUT2D eigenvalue weighted by Crippen LogP contribution is -2.53. The van der Waals surface area contributed by atoms with Crippen molar-refractivity contribution in [3.63, 3.8) is 0 Å². The summed E-state index contributed by atoms with van der Waals surface area (Å²) in [6, 6.07) is 23.8. The standard InChI is InChI=1S/C35H44ClN3O4S/c1-3-27-20-22-31(23-21-27)39(44(2,42)43)24-12-19-34(40)38(26-29-15-10-11-18-32(29)36)33(25-28-13-6-4-7-14-28)35(41)37-30-16-8-5-9-17-30/h4,6-7,10-11,13-15,18,20-23,30,33H,3,5,8-9,12,16-17,19,24-26H2,1-2H3,(H,37,41). The molecule has 0 aliphatic heterocycles. The molecule has 1 fully saturated rings. The molecule has 0 saturated heterocycles. The maximum atomic E-state index is 14.1. The highest BCUT2D eigenvalue weighted by Gasteiger charge is 2.32. The van der Waals surface area contributed by atoms with Crippen LogP contribution in [0.25, 0.3) is 0 Å². The van der Waals surface area contributed by atoms with Gasteiger partial charge in [-0.15, -0.1) is 0 Å². The van der Waals surface area contributed by atoms with Gasteiger partial charge in [-0.1, -0.05) is 98.5 Å². The molecular weight excluding hydrogens is 594 g/mol. The molecule has 236 valence electrons. The van der Waals surface area contributed by atoms with Crippen LogP contribution in [-0.4, -0.2) is 50.0 Å². The number of nitrogens with one attached hydrogen (secondary N) is 1. The lowest BCUT2D eigenvalue weighted by atomic mass is 9.94. The second-order valence-corrected chi connectivity index (χ2v) is 13.9. The summed E-state index contributed by atoms with van der Waals surface area (Å²) in [6.45, 7) is 2.36. The second-order valence-electron chi connectivity index (χ2n) is 11.6. The number of amides is 2. The largest absolute Gasteiger partial charge is 0.352 e. The number of carbonyl (C=O) groups excluding carboxylic acids is 2. The summed E-state index contributed by atoms with van der Waals surface area (Å²) in [4.78, 5) is 29.7. The molecule has 1 aliphatic rings. The first-order valence-electron chi connectivity index (χ1n) is 15.6. The first kappa shape index (κ1) is 33.5. The number of benzene rings is 3. The molecule has 1 atom stereocenters. The number of anilines is 1. The minimum Gasteiger partial charge on any atom is -0.352 e. The zero-order chi connectivity index (χ0) is 31.5. The van der Waals surface area contributed by atoms with Crippen molar-refractivity contribution in [1.82, 2.24) is 10.2 Å². The van der Waals surface area contributed by atoms with E-state index in [4.69, 9.17) is 11.6 Å². The second kappa shape index (κ2) is 16.1. The Morgan fingerprint density at radius 3 is 2.20 bits per heavy atom. The van der Waals surface area contributed by atoms with Crippen LogP contribution in [0.15, 0.2) is 78.9 Å². The summed E-state index contributed by atoms with van der Waals surface area (Å²) < 4.78 is 26.8. The summed E-state index contributed by atoms with van der Waals surface area (Å²) in [6.07, 6.45) is 7.95. The molecule has 3 aromatic rings. The maximum absolute atomic E-state index is 14.1. The molecule has 0 radical (unpaired) electrons. The van der Waals surface area contributed by atoms with Crippen molar-refractivity contribution in [2.24, 2.45) is 0 Å². The number of aryl methyl sites for hydroxylation is 1. The van der Waals surface area contributed by atoms with Gasteiger partial charge in [0.1, 0.15) is 6.04 Å². The third-order valence-corrected chi connectivity index (χ3v) is 9.87. The summed E-state index contributed by atoms with van der Waals surface area (Å²) in [7, 11) is -3.57. The normalized spacial score (nSPS) is 14.5. The fourth-order valence-corrected chi connectivity index (χ4v) is 6.97. The van der Waals surface area contributed by atoms with E-state index in [1.54, 1.807) is 23.1 Å². The zero-order valence-electron chi connectivity index (χ0n) is 25.8. The molecule has 0 spiro atoms. The predicted octanol–water partition coefficient (Wildman–Crippen LogP) is 6.54. The van der Waals surface area contributed by atoms with Crippen molar-refractivity contribution in [2.75, 3.05) is 17.1 Å². The number of sulfonamides is 1. The number of halogens is 1. The van der Waals surface area contributed by atoms with Gasteiger partial charge < -0.3 is 10.2 Å². The summed E-state index contributed by atoms with van der Waals surface area (Å²) in [5.74, 6) is -0.394. The molecule has 1 saturated carbocycles. The predicted molar refractivity (Wildman–Crippen MR) is 178 cm³/mol. The van der Waals surface area contributed by atoms with Gasteiger partial charge >= 0.3 is 0 Å². The van der Waals surface area contributed by atoms with Gasteiger partial charge in [-0.25, -0.2) is 8.42 Å². The Morgan fingerprint density at radius 2 is 1.57 bits per heavy atom. The number of hydrogen-bond acceptors (Lipinski definition) is 4. The highest BCUT2D eigenvalue weighted by atomic mass is 35.5. The molecule has 3 aromatic carbocycles. The van der Waals surface area contributed by atoms with Crippen molar-refractivity contribution in [1.29, 1.82) is 0 Å². The fourth-order valence-electron chi connectivity index (χ4n) is 5.81. The van der Waals surface area contributed by atoms with E-state index in [1.165, 1.54) is 17.0 Å². The van der Waals surface area contributed by atoms with Crippen LogP contribution in [0.5, 0.6) is 0 Å². The van der Waals surface area contributed by atoms with Gasteiger partial charge in [0.15, 0.2) is 0 Å². The first-order valence-corrected chi connectivity index (χ1v) is 17.8. The molecule has 1 unspecified atom stereocenters. The lowest BCUT2D eigenvalue weighted by Gasteiger charge is -2.34. The lowest BCUT2D eigenvalue weighted by molar-refractivity contribution is -0.141. The Bertz CT molecular complexity index is 1480. The van der Waals surface area contributed by atoms with Crippen LogP contribution in [0.1, 0.15) is 68.6 Å². The van der Waals surface area contributed by atoms with Gasteiger partial charge in [0.25, 0.3) is 0 Å². The van der Waals surface area contributed by atoms with Gasteiger partial charge in [-0.3, -0.25) is 13.9 Å². The average molecular weight is 638 g/mol. The van der Waals surface area contributed by atoms with E-state index in [0.29, 0.717) is 23.6 Å². The van der Waals surface area contributed by atoms with E-state index in [9.17, 15) is 18.0 Å². The van der Waals surface area contributed by atoms with E-state index < -0.39 is 16.1 Å². The van der Waals surface area contributed by atoms with Crippen LogP contribution in [0.2, 0.25) is 5.02 Å². The number of nitrogens with zero attached hydrogens (tertiary/aromatic N) is 2. The summed E-state index contributed by atoms with van der Waals surface area (Å²) in [5, 5.41) is 3.77. The molecule has 0 aromatic heterocycles. The van der Waals surface area contributed by atoms with Crippen molar-refractivity contribution in [3.8, 4) is 0 Å². The molecule has 4 rings (SSSR count). The molecule has 9 heteroatoms. The Morgan fingerprint density at radius 1 is 0.909 bits per heavy atom. The molecule has 0 bridgehead atoms. The smallest absolute Gasteiger partial charge is 0.243 e. The van der Waals surface area contributed by atoms with E-state index in [-0.39, 0.29) is 37.4 Å². The third kappa shape index (κ3) is 9.57. The van der Waals surface area contributed by atoms with Gasteiger partial charge in [-0.05, 0) is 60.6 Å². The van der Waals surface area contributed by atoms with Crippen molar-refractivity contribution in [3.05, 3.63) is 101 Å². The Balaban J connectivity index is 1.58. The van der Waals surface area contributed by atoms with Crippen LogP contribution in [0.3, 0.4) is 0 Å². The molecule has 44 heavy (non-hydrogen) atoms. The fraction of sp³-hybridized carbons (Fsp3) is 0.429. The molecule has 1 N–H and O–H groups in total. The van der Waals surface area contributed by atoms with Crippen LogP contribution < -0.4 is 9.62 Å². The van der Waals surface area contributed by atoms with Crippen molar-refractivity contribution in [2.45, 2.75) is 83.3 Å². The molecular formula is C35H44ClN3O4S. The van der Waals surface area contributed by atoms with Crippen LogP contribution in [-0.2, 0) is 39.0 Å². The quantitative estimate of drug-likeness (QED) is 0.218. The first-order chi connectivity index (χ1) is 21.2. The highest BCUT2D eigenvalue weighted by molar-refractivity contribution is 7.92. The highest BCUT2D eigenvalue weighted by Crippen LogP contribution is 2.24. The minimum atomic E-state index is -3.57. The van der Waals surface area contributed by atoms with Crippen molar-refractivity contribution < 1.29 is 18.0 Å². The molecule has 1 aliphatic carbocycles. The number of carbonyl (C=O) groups is 2. The Labute approximate surface area is 267 Å². The molecule has 7 nitrogen and oxygen atoms in total. The van der Waals surface area contributed by atoms with Crippen molar-refractivity contribution >= 4 is 39.1 Å². The van der Waals surface area contributed by atoms with Gasteiger partial charge in [0.05, 0.1) is 11.9 Å². The van der Waals surface area contributed by atoms with Gasteiger partial charge in [0.2, 0.25) is 21.8 Å². The minimum absolute atomic E-state index is 0.0749. The van der Waals surface area contributed by atoms with Gasteiger partial charge in [-0.2, -0.15) is 0 Å². The van der Waals surface area contributed by atoms with Crippen LogP contribution in [0.4, 0.5) is 5.69 Å². The van der Waals surface area contributed by atoms with Gasteiger partial charge in [0, 0.05) is 37.0 Å². The van der Waals surface area contributed by atoms with E-state index in [2.05, 4.69) is 5.32 Å². The number of hydrogen-bond donors (Lipinski definition) is 1. The number of rotatable bonds is 14. The molecule has 2 amide bonds. The summed E-state index contributed by atoms with van der Waals surface area (Å²) in [5.41, 5.74) is 3.38. The topological polar surface area (TPSA) is 86.8 Å². The monoisotopic (exact) mass is 637 g/mol. The maximum Gasteiger partial charge on any atom is 0.243 e. The van der Waals surface area contributed by atoms with E-state index >= 15 is 0 Å². The van der Waals surface area contributed by atoms with E-state index in [1.807, 2.05) is 67.6 Å². The summed E-state index contributed by atoms with van der Waals surface area (Å²) >= 11 is 6.55. The van der Waals surface area contributed by atoms with Crippen LogP contribution >= 0.6 is 11.6 Å². The zero-order valence-corrected chi connectivity index (χ0v) is 27.3. The SMILES string of the molecule is CCc1ccc(N(CCCC(=O)N(Cc2ccccc2Cl)C(Cc2ccccc2)C(=O)NC2CCCCC2)S(C)(=O)=O)cc1. The van der Waals surface area contributed by atoms with E-state index in [0.717, 1.165) is 48.8 Å². The average Bonchev–Trinajstić information content (AvgIpc) is 3.02. The van der Waals surface area contributed by atoms with Crippen LogP contribution in [0, 0.1) is 0 Å². The Hall–Kier alpha value is -3.36.